The van der Waals surface area contributed by atoms with E-state index in [9.17, 15) is 5.11 Å². The first kappa shape index (κ1) is 11.6. The first-order chi connectivity index (χ1) is 7.48. The topological polar surface area (TPSA) is 20.2 Å². The van der Waals surface area contributed by atoms with Gasteiger partial charge in [0.25, 0.3) is 0 Å². The van der Waals surface area contributed by atoms with Gasteiger partial charge in [0.1, 0.15) is 0 Å². The lowest BCUT2D eigenvalue weighted by atomic mass is 10.1. The van der Waals surface area contributed by atoms with Crippen molar-refractivity contribution < 1.29 is 5.11 Å². The maximum Gasteiger partial charge on any atom is 0.0827 e. The number of benzene rings is 1. The van der Waals surface area contributed by atoms with Gasteiger partial charge in [-0.2, -0.15) is 0 Å². The predicted molar refractivity (Wildman–Crippen MR) is 71.0 cm³/mol. The van der Waals surface area contributed by atoms with Gasteiger partial charge in [-0.05, 0) is 18.4 Å². The Bertz CT molecular complexity index is 400. The molecule has 86 valence electrons. The van der Waals surface area contributed by atoms with Crippen molar-refractivity contribution in [2.24, 2.45) is 0 Å². The number of hydrogen-bond donors (Lipinski definition) is 1. The summed E-state index contributed by atoms with van der Waals surface area (Å²) in [7, 11) is -1.09. The second-order valence-corrected chi connectivity index (χ2v) is 10.7. The molecule has 0 saturated carbocycles. The van der Waals surface area contributed by atoms with E-state index < -0.39 is 8.07 Å². The van der Waals surface area contributed by atoms with Crippen molar-refractivity contribution in [3.63, 3.8) is 0 Å². The van der Waals surface area contributed by atoms with E-state index in [1.54, 1.807) is 5.20 Å². The molecule has 0 aliphatic heterocycles. The highest BCUT2D eigenvalue weighted by Gasteiger charge is 2.33. The lowest BCUT2D eigenvalue weighted by Crippen LogP contribution is -2.18. The average molecular weight is 232 g/mol. The van der Waals surface area contributed by atoms with E-state index in [4.69, 9.17) is 0 Å². The lowest BCUT2D eigenvalue weighted by Gasteiger charge is -2.10. The van der Waals surface area contributed by atoms with Crippen LogP contribution >= 0.6 is 0 Å². The van der Waals surface area contributed by atoms with Crippen molar-refractivity contribution in [1.82, 2.24) is 0 Å². The van der Waals surface area contributed by atoms with Crippen molar-refractivity contribution in [3.05, 3.63) is 46.7 Å². The Balaban J connectivity index is 2.01. The first-order valence-electron chi connectivity index (χ1n) is 5.93. The molecule has 16 heavy (non-hydrogen) atoms. The summed E-state index contributed by atoms with van der Waals surface area (Å²) in [5.74, 6) is 0. The molecule has 0 saturated heterocycles. The van der Waals surface area contributed by atoms with Gasteiger partial charge in [-0.25, -0.2) is 0 Å². The summed E-state index contributed by atoms with van der Waals surface area (Å²) >= 11 is 0. The van der Waals surface area contributed by atoms with Crippen molar-refractivity contribution in [2.45, 2.75) is 38.6 Å². The van der Waals surface area contributed by atoms with E-state index in [-0.39, 0.29) is 6.10 Å². The number of hydrogen-bond acceptors (Lipinski definition) is 1. The van der Waals surface area contributed by atoms with Crippen LogP contribution in [0.15, 0.2) is 41.1 Å². The fraction of sp³-hybridized carbons (Fsp3) is 0.429. The highest BCUT2D eigenvalue weighted by atomic mass is 28.3. The summed E-state index contributed by atoms with van der Waals surface area (Å²) in [6.07, 6.45) is 1.70. The van der Waals surface area contributed by atoms with Gasteiger partial charge < -0.3 is 5.11 Å². The van der Waals surface area contributed by atoms with Crippen LogP contribution in [0.4, 0.5) is 0 Å². The Morgan fingerprint density at radius 3 is 2.31 bits per heavy atom. The number of aliphatic hydroxyl groups excluding tert-OH is 1. The molecule has 2 rings (SSSR count). The Labute approximate surface area is 98.8 Å². The van der Waals surface area contributed by atoms with E-state index in [0.29, 0.717) is 0 Å². The SMILES string of the molecule is C[Si](C)(C)C1=C(CC(O)c2ccccc2)C1. The third-order valence-corrected chi connectivity index (χ3v) is 5.56. The van der Waals surface area contributed by atoms with E-state index in [1.165, 1.54) is 12.0 Å². The van der Waals surface area contributed by atoms with Gasteiger partial charge >= 0.3 is 0 Å². The molecule has 1 aromatic rings. The van der Waals surface area contributed by atoms with Crippen LogP contribution in [0.3, 0.4) is 0 Å². The zero-order valence-corrected chi connectivity index (χ0v) is 11.3. The third-order valence-electron chi connectivity index (χ3n) is 3.22. The van der Waals surface area contributed by atoms with Crippen LogP contribution in [-0.4, -0.2) is 13.2 Å². The summed E-state index contributed by atoms with van der Waals surface area (Å²) in [5, 5.41) is 11.8. The van der Waals surface area contributed by atoms with Crippen LogP contribution < -0.4 is 0 Å². The first-order valence-corrected chi connectivity index (χ1v) is 9.43. The Hall–Kier alpha value is -0.863. The van der Waals surface area contributed by atoms with Crippen molar-refractivity contribution in [1.29, 1.82) is 0 Å². The molecule has 2 heteroatoms. The van der Waals surface area contributed by atoms with Gasteiger partial charge in [0.2, 0.25) is 0 Å². The molecule has 0 heterocycles. The number of aliphatic hydroxyl groups is 1. The second kappa shape index (κ2) is 4.19. The van der Waals surface area contributed by atoms with E-state index in [0.717, 1.165) is 12.0 Å². The predicted octanol–water partition coefficient (Wildman–Crippen LogP) is 3.69. The van der Waals surface area contributed by atoms with E-state index in [1.807, 2.05) is 30.3 Å². The normalized spacial score (nSPS) is 17.5. The molecule has 0 spiro atoms. The van der Waals surface area contributed by atoms with Gasteiger partial charge in [0.15, 0.2) is 0 Å². The highest BCUT2D eigenvalue weighted by molar-refractivity contribution is 6.84. The molecule has 1 aliphatic carbocycles. The molecule has 0 fully saturated rings. The molecule has 1 aliphatic rings. The van der Waals surface area contributed by atoms with Gasteiger partial charge in [-0.15, -0.1) is 0 Å². The standard InChI is InChI=1S/C14H20OSi/c1-16(2,3)14-10-12(14)9-13(15)11-7-5-4-6-8-11/h4-8,13,15H,9-10H2,1-3H3. The minimum absolute atomic E-state index is 0.315. The van der Waals surface area contributed by atoms with Crippen LogP contribution in [0, 0.1) is 0 Å². The maximum atomic E-state index is 10.1. The van der Waals surface area contributed by atoms with Gasteiger partial charge in [0.05, 0.1) is 14.2 Å². The van der Waals surface area contributed by atoms with Gasteiger partial charge in [-0.3, -0.25) is 0 Å². The Kier molecular flexibility index (Phi) is 3.04. The molecule has 0 aromatic heterocycles. The van der Waals surface area contributed by atoms with Gasteiger partial charge in [0, 0.05) is 0 Å². The molecular formula is C14H20OSi. The largest absolute Gasteiger partial charge is 0.388 e. The summed E-state index contributed by atoms with van der Waals surface area (Å²) < 4.78 is 0. The summed E-state index contributed by atoms with van der Waals surface area (Å²) in [6.45, 7) is 7.14. The van der Waals surface area contributed by atoms with Crippen LogP contribution in [0.2, 0.25) is 19.6 Å². The Morgan fingerprint density at radius 2 is 1.81 bits per heavy atom. The second-order valence-electron chi connectivity index (χ2n) is 5.64. The molecule has 1 unspecified atom stereocenters. The molecule has 1 N–H and O–H groups in total. The fourth-order valence-corrected chi connectivity index (χ4v) is 4.09. The van der Waals surface area contributed by atoms with Crippen molar-refractivity contribution in [3.8, 4) is 0 Å². The van der Waals surface area contributed by atoms with E-state index in [2.05, 4.69) is 19.6 Å². The molecule has 0 radical (unpaired) electrons. The summed E-state index contributed by atoms with van der Waals surface area (Å²) in [6, 6.07) is 9.96. The molecule has 1 nitrogen and oxygen atoms in total. The fourth-order valence-electron chi connectivity index (χ4n) is 2.19. The van der Waals surface area contributed by atoms with E-state index >= 15 is 0 Å². The zero-order chi connectivity index (χ0) is 11.8. The van der Waals surface area contributed by atoms with Crippen LogP contribution in [0.1, 0.15) is 24.5 Å². The highest BCUT2D eigenvalue weighted by Crippen LogP contribution is 2.43. The zero-order valence-electron chi connectivity index (χ0n) is 10.3. The lowest BCUT2D eigenvalue weighted by molar-refractivity contribution is 0.179. The molecular weight excluding hydrogens is 212 g/mol. The minimum atomic E-state index is -1.09. The van der Waals surface area contributed by atoms with Crippen molar-refractivity contribution >= 4 is 8.07 Å². The molecule has 0 amide bonds. The minimum Gasteiger partial charge on any atom is -0.388 e. The summed E-state index contributed by atoms with van der Waals surface area (Å²) in [5.41, 5.74) is 2.55. The van der Waals surface area contributed by atoms with Crippen LogP contribution in [-0.2, 0) is 0 Å². The quantitative estimate of drug-likeness (QED) is 0.785. The third kappa shape index (κ3) is 2.63. The molecule has 1 atom stereocenters. The number of allylic oxidation sites excluding steroid dienone is 1. The number of rotatable bonds is 4. The summed E-state index contributed by atoms with van der Waals surface area (Å²) in [4.78, 5) is 0. The monoisotopic (exact) mass is 232 g/mol. The van der Waals surface area contributed by atoms with Crippen LogP contribution in [0.5, 0.6) is 0 Å². The smallest absolute Gasteiger partial charge is 0.0827 e. The molecule has 1 aromatic carbocycles. The van der Waals surface area contributed by atoms with Crippen LogP contribution in [0.25, 0.3) is 0 Å². The maximum absolute atomic E-state index is 10.1. The van der Waals surface area contributed by atoms with Gasteiger partial charge in [-0.1, -0.05) is 60.7 Å². The molecule has 0 bridgehead atoms. The Morgan fingerprint density at radius 1 is 1.19 bits per heavy atom. The van der Waals surface area contributed by atoms with Crippen molar-refractivity contribution in [2.75, 3.05) is 0 Å². The average Bonchev–Trinajstić information content (AvgIpc) is 2.98.